The highest BCUT2D eigenvalue weighted by Gasteiger charge is 2.10. The lowest BCUT2D eigenvalue weighted by Crippen LogP contribution is -2.31. The van der Waals surface area contributed by atoms with Crippen molar-refractivity contribution in [1.82, 2.24) is 25.5 Å². The molecule has 0 aliphatic heterocycles. The molecule has 2 N–H and O–H groups in total. The minimum absolute atomic E-state index is 0.0354. The number of aromatic nitrogens is 4. The molecule has 1 aromatic carbocycles. The first kappa shape index (κ1) is 15.2. The topological polar surface area (TPSA) is 102 Å². The number of hydrogen-bond acceptors (Lipinski definition) is 6. The fourth-order valence-corrected chi connectivity index (χ4v) is 1.64. The summed E-state index contributed by atoms with van der Waals surface area (Å²) in [7, 11) is 0. The minimum Gasteiger partial charge on any atom is -0.486 e. The number of ether oxygens (including phenoxy) is 1. The van der Waals surface area contributed by atoms with Gasteiger partial charge in [-0.1, -0.05) is 11.6 Å². The summed E-state index contributed by atoms with van der Waals surface area (Å²) in [6, 6.07) is 6.87. The lowest BCUT2D eigenvalue weighted by Gasteiger charge is -2.07. The highest BCUT2D eigenvalue weighted by atomic mass is 35.5. The average Bonchev–Trinajstić information content (AvgIpc) is 2.92. The van der Waals surface area contributed by atoms with E-state index in [1.165, 1.54) is 4.68 Å². The maximum Gasteiger partial charge on any atom is 0.241 e. The Morgan fingerprint density at radius 3 is 2.86 bits per heavy atom. The third-order valence-electron chi connectivity index (χ3n) is 2.51. The molecular formula is C12H14ClN5O3. The van der Waals surface area contributed by atoms with Crippen LogP contribution in [0.4, 0.5) is 0 Å². The van der Waals surface area contributed by atoms with Gasteiger partial charge in [0.05, 0.1) is 6.61 Å². The Balaban J connectivity index is 1.90. The van der Waals surface area contributed by atoms with Crippen molar-refractivity contribution in [3.8, 4) is 5.75 Å². The summed E-state index contributed by atoms with van der Waals surface area (Å²) < 4.78 is 6.85. The molecule has 0 radical (unpaired) electrons. The van der Waals surface area contributed by atoms with E-state index in [2.05, 4.69) is 20.8 Å². The Morgan fingerprint density at radius 2 is 2.14 bits per heavy atom. The summed E-state index contributed by atoms with van der Waals surface area (Å²) in [6.45, 7) is 0.166. The van der Waals surface area contributed by atoms with Crippen molar-refractivity contribution in [2.45, 2.75) is 13.2 Å². The second kappa shape index (κ2) is 7.55. The molecule has 2 aromatic rings. The number of hydrogen-bond donors (Lipinski definition) is 2. The SMILES string of the molecule is O=C(Cn1nnnc1COc1ccc(Cl)cc1)NCCO. The lowest BCUT2D eigenvalue weighted by atomic mass is 10.3. The second-order valence-corrected chi connectivity index (χ2v) is 4.51. The van der Waals surface area contributed by atoms with E-state index < -0.39 is 0 Å². The molecule has 0 aliphatic rings. The van der Waals surface area contributed by atoms with Crippen molar-refractivity contribution in [2.24, 2.45) is 0 Å². The van der Waals surface area contributed by atoms with Crippen LogP contribution in [0.2, 0.25) is 5.02 Å². The second-order valence-electron chi connectivity index (χ2n) is 4.07. The van der Waals surface area contributed by atoms with Gasteiger partial charge in [-0.2, -0.15) is 0 Å². The predicted octanol–water partition coefficient (Wildman–Crippen LogP) is 0.0140. The maximum atomic E-state index is 11.5. The van der Waals surface area contributed by atoms with Crippen molar-refractivity contribution in [3.63, 3.8) is 0 Å². The van der Waals surface area contributed by atoms with Gasteiger partial charge in [-0.25, -0.2) is 4.68 Å². The van der Waals surface area contributed by atoms with Crippen LogP contribution in [0.1, 0.15) is 5.82 Å². The lowest BCUT2D eigenvalue weighted by molar-refractivity contribution is -0.122. The van der Waals surface area contributed by atoms with Gasteiger partial charge in [0.15, 0.2) is 5.82 Å². The van der Waals surface area contributed by atoms with E-state index in [0.29, 0.717) is 16.6 Å². The van der Waals surface area contributed by atoms with Crippen molar-refractivity contribution in [1.29, 1.82) is 0 Å². The van der Waals surface area contributed by atoms with Gasteiger partial charge in [-0.15, -0.1) is 5.10 Å². The van der Waals surface area contributed by atoms with E-state index in [0.717, 1.165) is 0 Å². The number of carbonyl (C=O) groups excluding carboxylic acids is 1. The van der Waals surface area contributed by atoms with Crippen molar-refractivity contribution in [2.75, 3.05) is 13.2 Å². The van der Waals surface area contributed by atoms with Crippen LogP contribution in [0.25, 0.3) is 0 Å². The molecule has 0 spiro atoms. The third kappa shape index (κ3) is 4.69. The van der Waals surface area contributed by atoms with Gasteiger partial charge in [0, 0.05) is 11.6 Å². The number of carbonyl (C=O) groups is 1. The fourth-order valence-electron chi connectivity index (χ4n) is 1.52. The summed E-state index contributed by atoms with van der Waals surface area (Å²) in [5.74, 6) is 0.756. The molecule has 112 valence electrons. The fraction of sp³-hybridized carbons (Fsp3) is 0.333. The number of halogens is 1. The number of amides is 1. The third-order valence-corrected chi connectivity index (χ3v) is 2.77. The summed E-state index contributed by atoms with van der Waals surface area (Å²) in [5, 5.41) is 22.8. The monoisotopic (exact) mass is 311 g/mol. The van der Waals surface area contributed by atoms with Crippen LogP contribution < -0.4 is 10.1 Å². The normalized spacial score (nSPS) is 10.4. The van der Waals surface area contributed by atoms with Crippen LogP contribution in [0.15, 0.2) is 24.3 Å². The summed E-state index contributed by atoms with van der Waals surface area (Å²) in [4.78, 5) is 11.5. The molecule has 0 aliphatic carbocycles. The largest absolute Gasteiger partial charge is 0.486 e. The van der Waals surface area contributed by atoms with E-state index in [9.17, 15) is 4.79 Å². The van der Waals surface area contributed by atoms with Crippen LogP contribution in [-0.2, 0) is 17.9 Å². The van der Waals surface area contributed by atoms with Gasteiger partial charge in [0.25, 0.3) is 0 Å². The Kier molecular flexibility index (Phi) is 5.47. The Bertz CT molecular complexity index is 587. The van der Waals surface area contributed by atoms with E-state index in [-0.39, 0.29) is 32.2 Å². The summed E-state index contributed by atoms with van der Waals surface area (Å²) in [6.07, 6.45) is 0. The van der Waals surface area contributed by atoms with Crippen molar-refractivity contribution >= 4 is 17.5 Å². The van der Waals surface area contributed by atoms with Gasteiger partial charge in [-0.3, -0.25) is 4.79 Å². The van der Waals surface area contributed by atoms with Gasteiger partial charge >= 0.3 is 0 Å². The van der Waals surface area contributed by atoms with Gasteiger partial charge in [-0.05, 0) is 34.7 Å². The Hall–Kier alpha value is -2.19. The summed E-state index contributed by atoms with van der Waals surface area (Å²) in [5.41, 5.74) is 0. The van der Waals surface area contributed by atoms with Gasteiger partial charge < -0.3 is 15.2 Å². The standard InChI is InChI=1S/C12H14ClN5O3/c13-9-1-3-10(4-2-9)21-8-11-15-16-17-18(11)7-12(20)14-5-6-19/h1-4,19H,5-8H2,(H,14,20). The highest BCUT2D eigenvalue weighted by molar-refractivity contribution is 6.30. The first-order chi connectivity index (χ1) is 10.2. The van der Waals surface area contributed by atoms with E-state index in [1.807, 2.05) is 0 Å². The number of aliphatic hydroxyl groups is 1. The maximum absolute atomic E-state index is 11.5. The number of nitrogens with one attached hydrogen (secondary N) is 1. The minimum atomic E-state index is -0.288. The van der Waals surface area contributed by atoms with Crippen molar-refractivity contribution in [3.05, 3.63) is 35.1 Å². The number of tetrazole rings is 1. The summed E-state index contributed by atoms with van der Waals surface area (Å²) >= 11 is 5.78. The molecule has 0 fully saturated rings. The Labute approximate surface area is 125 Å². The Morgan fingerprint density at radius 1 is 1.38 bits per heavy atom. The molecule has 0 saturated heterocycles. The van der Waals surface area contributed by atoms with Crippen LogP contribution in [0.5, 0.6) is 5.75 Å². The smallest absolute Gasteiger partial charge is 0.241 e. The molecule has 1 aromatic heterocycles. The highest BCUT2D eigenvalue weighted by Crippen LogP contribution is 2.16. The molecule has 0 unspecified atom stereocenters. The van der Waals surface area contributed by atoms with Crippen LogP contribution in [0.3, 0.4) is 0 Å². The zero-order chi connectivity index (χ0) is 15.1. The molecule has 21 heavy (non-hydrogen) atoms. The van der Waals surface area contributed by atoms with Crippen LogP contribution in [-0.4, -0.2) is 44.4 Å². The van der Waals surface area contributed by atoms with E-state index in [4.69, 9.17) is 21.4 Å². The molecule has 8 nitrogen and oxygen atoms in total. The molecule has 1 amide bonds. The van der Waals surface area contributed by atoms with Crippen LogP contribution in [0, 0.1) is 0 Å². The quantitative estimate of drug-likeness (QED) is 0.747. The molecule has 0 atom stereocenters. The van der Waals surface area contributed by atoms with Crippen molar-refractivity contribution < 1.29 is 14.6 Å². The molecule has 0 saturated carbocycles. The number of rotatable bonds is 7. The van der Waals surface area contributed by atoms with E-state index >= 15 is 0 Å². The van der Waals surface area contributed by atoms with Gasteiger partial charge in [0.1, 0.15) is 18.9 Å². The average molecular weight is 312 g/mol. The van der Waals surface area contributed by atoms with Crippen LogP contribution >= 0.6 is 11.6 Å². The molecule has 2 rings (SSSR count). The van der Waals surface area contributed by atoms with Gasteiger partial charge in [0.2, 0.25) is 5.91 Å². The molecule has 0 bridgehead atoms. The molecule has 9 heteroatoms. The number of benzene rings is 1. The first-order valence-corrected chi connectivity index (χ1v) is 6.58. The number of nitrogens with zero attached hydrogens (tertiary/aromatic N) is 4. The zero-order valence-corrected chi connectivity index (χ0v) is 11.8. The molecular weight excluding hydrogens is 298 g/mol. The van der Waals surface area contributed by atoms with E-state index in [1.54, 1.807) is 24.3 Å². The first-order valence-electron chi connectivity index (χ1n) is 6.20. The zero-order valence-electron chi connectivity index (χ0n) is 11.1. The predicted molar refractivity (Wildman–Crippen MR) is 73.7 cm³/mol. The number of aliphatic hydroxyl groups excluding tert-OH is 1. The molecule has 1 heterocycles.